The summed E-state index contributed by atoms with van der Waals surface area (Å²) in [5.41, 5.74) is 16.6. The molecule has 0 aromatic rings. The van der Waals surface area contributed by atoms with Gasteiger partial charge in [0.25, 0.3) is 0 Å². The van der Waals surface area contributed by atoms with Gasteiger partial charge in [0.15, 0.2) is 5.96 Å². The molecule has 334 valence electrons. The van der Waals surface area contributed by atoms with Gasteiger partial charge in [-0.25, -0.2) is 4.79 Å². The minimum absolute atomic E-state index is 0.0165. The van der Waals surface area contributed by atoms with E-state index in [0.29, 0.717) is 6.42 Å². The molecule has 22 heteroatoms. The Hall–Kier alpha value is -5.54. The van der Waals surface area contributed by atoms with Crippen LogP contribution in [0.15, 0.2) is 4.99 Å². The van der Waals surface area contributed by atoms with Gasteiger partial charge in [0.05, 0.1) is 18.9 Å². The lowest BCUT2D eigenvalue weighted by Crippen LogP contribution is -2.60. The van der Waals surface area contributed by atoms with Crippen LogP contribution in [-0.2, 0) is 43.2 Å². The van der Waals surface area contributed by atoms with Crippen molar-refractivity contribution in [3.8, 4) is 0 Å². The number of aliphatic carboxylic acids is 3. The minimum atomic E-state index is -1.70. The van der Waals surface area contributed by atoms with Crippen molar-refractivity contribution in [3.63, 3.8) is 0 Å². The third-order valence-corrected chi connectivity index (χ3v) is 9.14. The highest BCUT2D eigenvalue weighted by molar-refractivity contribution is 5.98. The number of nitrogens with two attached hydrogens (primary N) is 3. The van der Waals surface area contributed by atoms with Crippen molar-refractivity contribution in [2.45, 2.75) is 142 Å². The molecule has 1 fully saturated rings. The first-order chi connectivity index (χ1) is 27.4. The molecule has 22 nitrogen and oxygen atoms in total. The second kappa shape index (κ2) is 25.1. The van der Waals surface area contributed by atoms with Crippen molar-refractivity contribution in [2.75, 3.05) is 13.1 Å². The Balaban J connectivity index is 3.36. The predicted octanol–water partition coefficient (Wildman–Crippen LogP) is -2.05. The normalized spacial score (nSPS) is 16.8. The van der Waals surface area contributed by atoms with Gasteiger partial charge in [0.2, 0.25) is 35.4 Å². The van der Waals surface area contributed by atoms with Gasteiger partial charge in [0, 0.05) is 13.1 Å². The Morgan fingerprint density at radius 2 is 1.08 bits per heavy atom. The third-order valence-electron chi connectivity index (χ3n) is 9.14. The number of likely N-dealkylation sites (tertiary alicyclic amines) is 1. The van der Waals surface area contributed by atoms with Crippen molar-refractivity contribution in [3.05, 3.63) is 0 Å². The molecule has 0 aromatic heterocycles. The second-order valence-corrected chi connectivity index (χ2v) is 16.0. The number of rotatable bonds is 26. The number of carboxylic acids is 3. The summed E-state index contributed by atoms with van der Waals surface area (Å²) in [6.45, 7) is 10.7. The van der Waals surface area contributed by atoms with Crippen molar-refractivity contribution >= 4 is 59.3 Å². The van der Waals surface area contributed by atoms with Gasteiger partial charge < -0.3 is 64.0 Å². The Bertz CT molecular complexity index is 1530. The van der Waals surface area contributed by atoms with Crippen molar-refractivity contribution in [2.24, 2.45) is 39.9 Å². The molecule has 7 atom stereocenters. The lowest BCUT2D eigenvalue weighted by Gasteiger charge is -2.29. The van der Waals surface area contributed by atoms with E-state index in [2.05, 4.69) is 31.6 Å². The van der Waals surface area contributed by atoms with E-state index in [1.807, 2.05) is 0 Å². The maximum atomic E-state index is 13.9. The van der Waals surface area contributed by atoms with Gasteiger partial charge in [-0.2, -0.15) is 0 Å². The lowest BCUT2D eigenvalue weighted by atomic mass is 9.99. The van der Waals surface area contributed by atoms with Crippen molar-refractivity contribution in [1.29, 1.82) is 0 Å². The quantitative estimate of drug-likeness (QED) is 0.0254. The highest BCUT2D eigenvalue weighted by Gasteiger charge is 2.39. The average Bonchev–Trinajstić information content (AvgIpc) is 3.60. The van der Waals surface area contributed by atoms with E-state index in [0.717, 1.165) is 0 Å². The number of carbonyl (C=O) groups excluding carboxylic acids is 6. The monoisotopic (exact) mass is 840 g/mol. The van der Waals surface area contributed by atoms with Crippen LogP contribution in [0.4, 0.5) is 0 Å². The average molecular weight is 841 g/mol. The summed E-state index contributed by atoms with van der Waals surface area (Å²) in [5, 5.41) is 40.7. The maximum Gasteiger partial charge on any atom is 0.326 e. The van der Waals surface area contributed by atoms with Crippen LogP contribution >= 0.6 is 0 Å². The number of nitrogens with zero attached hydrogens (tertiary/aromatic N) is 2. The molecule has 1 saturated heterocycles. The van der Waals surface area contributed by atoms with Gasteiger partial charge >= 0.3 is 17.9 Å². The standard InChI is InChI=1S/C37H64N10O12/c1-18(2)13-23(31(53)44-24(14-19(3)4)32(54)45-25(17-29(50)51)33(55)46-26(36(58)59)15-20(5)6)43-30(52)22(9-7-11-41-37(39)40)42-34(56)27-10-8-12-47(27)35(57)21(38)16-28(48)49/h18-27H,7-17,38H2,1-6H3,(H,42,56)(H,43,52)(H,44,53)(H,45,54)(H,46,55)(H,48,49)(H,50,51)(H,58,59)(H4,39,40,41)/t21-,22-,23-,24-,25-,26-,27-/m0/s1. The lowest BCUT2D eigenvalue weighted by molar-refractivity contribution is -0.144. The van der Waals surface area contributed by atoms with Gasteiger partial charge in [-0.15, -0.1) is 0 Å². The third kappa shape index (κ3) is 19.2. The van der Waals surface area contributed by atoms with Crippen LogP contribution in [0.1, 0.15) is 99.3 Å². The predicted molar refractivity (Wildman–Crippen MR) is 213 cm³/mol. The van der Waals surface area contributed by atoms with Gasteiger partial charge in [-0.05, 0) is 62.7 Å². The number of guanidine groups is 1. The molecule has 0 aromatic carbocycles. The molecule has 0 spiro atoms. The fourth-order valence-corrected chi connectivity index (χ4v) is 6.40. The molecular weight excluding hydrogens is 776 g/mol. The van der Waals surface area contributed by atoms with E-state index in [1.54, 1.807) is 41.5 Å². The van der Waals surface area contributed by atoms with Crippen LogP contribution < -0.4 is 43.8 Å². The Morgan fingerprint density at radius 1 is 0.644 bits per heavy atom. The van der Waals surface area contributed by atoms with Crippen molar-refractivity contribution in [1.82, 2.24) is 31.5 Å². The van der Waals surface area contributed by atoms with E-state index in [-0.39, 0.29) is 75.3 Å². The topological polar surface area (TPSA) is 368 Å². The van der Waals surface area contributed by atoms with Gasteiger partial charge in [-0.1, -0.05) is 41.5 Å². The van der Waals surface area contributed by atoms with E-state index >= 15 is 0 Å². The number of hydrogen-bond acceptors (Lipinski definition) is 11. The molecule has 0 aliphatic carbocycles. The highest BCUT2D eigenvalue weighted by Crippen LogP contribution is 2.20. The summed E-state index contributed by atoms with van der Waals surface area (Å²) in [7, 11) is 0. The molecule has 1 aliphatic heterocycles. The van der Waals surface area contributed by atoms with Crippen LogP contribution in [0.5, 0.6) is 0 Å². The zero-order chi connectivity index (χ0) is 45.1. The molecule has 0 radical (unpaired) electrons. The number of carboxylic acid groups (broad SMARTS) is 3. The fraction of sp³-hybridized carbons (Fsp3) is 0.730. The first-order valence-corrected chi connectivity index (χ1v) is 19.7. The largest absolute Gasteiger partial charge is 0.481 e. The van der Waals surface area contributed by atoms with E-state index in [1.165, 1.54) is 4.90 Å². The molecule has 1 rings (SSSR count). The highest BCUT2D eigenvalue weighted by atomic mass is 16.4. The fourth-order valence-electron chi connectivity index (χ4n) is 6.40. The maximum absolute atomic E-state index is 13.9. The summed E-state index contributed by atoms with van der Waals surface area (Å²) in [5.74, 6) is -9.88. The molecule has 14 N–H and O–H groups in total. The number of amides is 6. The van der Waals surface area contributed by atoms with Gasteiger partial charge in [0.1, 0.15) is 36.3 Å². The second-order valence-electron chi connectivity index (χ2n) is 16.0. The van der Waals surface area contributed by atoms with Gasteiger partial charge in [-0.3, -0.25) is 43.3 Å². The molecule has 0 unspecified atom stereocenters. The summed E-state index contributed by atoms with van der Waals surface area (Å²) in [6, 6.07) is -9.39. The Labute approximate surface area is 343 Å². The molecule has 0 saturated carbocycles. The van der Waals surface area contributed by atoms with Crippen LogP contribution in [0.25, 0.3) is 0 Å². The van der Waals surface area contributed by atoms with Crippen LogP contribution in [0.3, 0.4) is 0 Å². The van der Waals surface area contributed by atoms with E-state index in [9.17, 15) is 53.4 Å². The summed E-state index contributed by atoms with van der Waals surface area (Å²) in [4.78, 5) is 121. The number of aliphatic imine (C=N–C) groups is 1. The molecule has 0 bridgehead atoms. The molecule has 1 heterocycles. The number of nitrogens with one attached hydrogen (secondary N) is 5. The zero-order valence-electron chi connectivity index (χ0n) is 34.7. The SMILES string of the molecule is CC(C)C[C@H](NC(=O)[C@H](CC(=O)O)NC(=O)[C@H](CC(C)C)NC(=O)[C@H](CC(C)C)NC(=O)[C@H](CCCN=C(N)N)NC(=O)[C@@H]1CCCN1C(=O)[C@@H](N)CC(=O)O)C(=O)O. The molecule has 59 heavy (non-hydrogen) atoms. The summed E-state index contributed by atoms with van der Waals surface area (Å²) < 4.78 is 0. The summed E-state index contributed by atoms with van der Waals surface area (Å²) in [6.07, 6.45) is -0.629. The Morgan fingerprint density at radius 3 is 1.54 bits per heavy atom. The molecular formula is C37H64N10O12. The van der Waals surface area contributed by atoms with Crippen molar-refractivity contribution < 1.29 is 58.5 Å². The zero-order valence-corrected chi connectivity index (χ0v) is 34.7. The van der Waals surface area contributed by atoms with E-state index in [4.69, 9.17) is 22.3 Å². The Kier molecular flexibility index (Phi) is 21.9. The van der Waals surface area contributed by atoms with Crippen LogP contribution in [0.2, 0.25) is 0 Å². The van der Waals surface area contributed by atoms with Crippen LogP contribution in [-0.4, -0.2) is 135 Å². The first-order valence-electron chi connectivity index (χ1n) is 19.7. The number of hydrogen-bond donors (Lipinski definition) is 11. The molecule has 6 amide bonds. The smallest absolute Gasteiger partial charge is 0.326 e. The van der Waals surface area contributed by atoms with Crippen LogP contribution in [0, 0.1) is 17.8 Å². The number of carbonyl (C=O) groups is 9. The minimum Gasteiger partial charge on any atom is -0.481 e. The van der Waals surface area contributed by atoms with E-state index < -0.39 is 108 Å². The first kappa shape index (κ1) is 51.5. The summed E-state index contributed by atoms with van der Waals surface area (Å²) >= 11 is 0. The molecule has 1 aliphatic rings.